The van der Waals surface area contributed by atoms with Gasteiger partial charge in [-0.25, -0.2) is 4.79 Å². The molecule has 0 unspecified atom stereocenters. The topological polar surface area (TPSA) is 82.5 Å². The van der Waals surface area contributed by atoms with E-state index in [4.69, 9.17) is 5.11 Å². The molecule has 0 spiro atoms. The first-order valence-electron chi connectivity index (χ1n) is 6.27. The maximum atomic E-state index is 12.3. The predicted octanol–water partition coefficient (Wildman–Crippen LogP) is 0.604. The van der Waals surface area contributed by atoms with Gasteiger partial charge in [-0.15, -0.1) is 0 Å². The summed E-state index contributed by atoms with van der Waals surface area (Å²) in [6.45, 7) is 1.74. The van der Waals surface area contributed by atoms with Gasteiger partial charge >= 0.3 is 5.97 Å². The Bertz CT molecular complexity index is 484. The summed E-state index contributed by atoms with van der Waals surface area (Å²) < 4.78 is 0. The van der Waals surface area contributed by atoms with Crippen LogP contribution in [0.4, 0.5) is 0 Å². The average molecular weight is 263 g/mol. The van der Waals surface area contributed by atoms with Gasteiger partial charge in [-0.05, 0) is 38.1 Å². The molecule has 0 bridgehead atoms. The molecule has 2 N–H and O–H groups in total. The zero-order chi connectivity index (χ0) is 13.8. The molecule has 6 nitrogen and oxygen atoms in total. The number of carbonyl (C=O) groups is 2. The van der Waals surface area contributed by atoms with E-state index in [1.165, 1.54) is 18.3 Å². The number of carboxylic acid groups (broad SMARTS) is 1. The van der Waals surface area contributed by atoms with Crippen LogP contribution in [0.25, 0.3) is 0 Å². The van der Waals surface area contributed by atoms with Crippen LogP contribution in [0.1, 0.15) is 33.7 Å². The van der Waals surface area contributed by atoms with E-state index in [0.717, 1.165) is 25.9 Å². The van der Waals surface area contributed by atoms with Crippen molar-refractivity contribution in [1.29, 1.82) is 0 Å². The van der Waals surface area contributed by atoms with Crippen LogP contribution >= 0.6 is 0 Å². The number of nitrogens with one attached hydrogen (secondary N) is 1. The molecule has 1 saturated heterocycles. The lowest BCUT2D eigenvalue weighted by Crippen LogP contribution is -2.44. The van der Waals surface area contributed by atoms with Gasteiger partial charge in [0.2, 0.25) is 0 Å². The number of nitrogens with zero attached hydrogens (tertiary/aromatic N) is 2. The van der Waals surface area contributed by atoms with E-state index in [9.17, 15) is 9.59 Å². The number of carboxylic acids is 1. The van der Waals surface area contributed by atoms with Crippen LogP contribution in [-0.4, -0.2) is 53.0 Å². The maximum absolute atomic E-state index is 12.3. The van der Waals surface area contributed by atoms with Crippen LogP contribution in [0.3, 0.4) is 0 Å². The molecule has 2 rings (SSSR count). The number of pyridine rings is 1. The molecule has 6 heteroatoms. The van der Waals surface area contributed by atoms with Crippen LogP contribution < -0.4 is 5.32 Å². The largest absolute Gasteiger partial charge is 0.478 e. The fraction of sp³-hybridized carbons (Fsp3) is 0.462. The van der Waals surface area contributed by atoms with Crippen LogP contribution in [0.5, 0.6) is 0 Å². The number of rotatable bonds is 3. The highest BCUT2D eigenvalue weighted by Crippen LogP contribution is 2.15. The summed E-state index contributed by atoms with van der Waals surface area (Å²) in [7, 11) is 1.71. The van der Waals surface area contributed by atoms with Gasteiger partial charge in [-0.1, -0.05) is 0 Å². The van der Waals surface area contributed by atoms with Gasteiger partial charge in [0.15, 0.2) is 0 Å². The second kappa shape index (κ2) is 5.79. The summed E-state index contributed by atoms with van der Waals surface area (Å²) in [4.78, 5) is 29.0. The van der Waals surface area contributed by atoms with Crippen molar-refractivity contribution < 1.29 is 14.7 Å². The van der Waals surface area contributed by atoms with E-state index in [1.54, 1.807) is 11.9 Å². The zero-order valence-electron chi connectivity index (χ0n) is 10.8. The van der Waals surface area contributed by atoms with E-state index in [-0.39, 0.29) is 23.2 Å². The predicted molar refractivity (Wildman–Crippen MR) is 69.2 cm³/mol. The van der Waals surface area contributed by atoms with Gasteiger partial charge in [0, 0.05) is 19.3 Å². The summed E-state index contributed by atoms with van der Waals surface area (Å²) in [5.41, 5.74) is -0.0377. The summed E-state index contributed by atoms with van der Waals surface area (Å²) >= 11 is 0. The number of piperidine rings is 1. The highest BCUT2D eigenvalue weighted by molar-refractivity contribution is 6.03. The third kappa shape index (κ3) is 2.90. The van der Waals surface area contributed by atoms with Crippen LogP contribution in [0.15, 0.2) is 18.3 Å². The van der Waals surface area contributed by atoms with Crippen molar-refractivity contribution in [3.05, 3.63) is 29.6 Å². The summed E-state index contributed by atoms with van der Waals surface area (Å²) in [6, 6.07) is 3.06. The van der Waals surface area contributed by atoms with Gasteiger partial charge in [0.1, 0.15) is 5.69 Å². The number of hydrogen-bond donors (Lipinski definition) is 2. The Balaban J connectivity index is 2.21. The zero-order valence-corrected chi connectivity index (χ0v) is 10.8. The first-order valence-corrected chi connectivity index (χ1v) is 6.27. The van der Waals surface area contributed by atoms with Crippen LogP contribution in [0, 0.1) is 0 Å². The van der Waals surface area contributed by atoms with E-state index in [1.807, 2.05) is 0 Å². The fourth-order valence-electron chi connectivity index (χ4n) is 2.28. The maximum Gasteiger partial charge on any atom is 0.338 e. The molecule has 102 valence electrons. The van der Waals surface area contributed by atoms with Gasteiger partial charge in [0.25, 0.3) is 5.91 Å². The molecule has 0 aromatic carbocycles. The third-order valence-electron chi connectivity index (χ3n) is 3.42. The highest BCUT2D eigenvalue weighted by atomic mass is 16.4. The highest BCUT2D eigenvalue weighted by Gasteiger charge is 2.26. The van der Waals surface area contributed by atoms with E-state index in [2.05, 4.69) is 10.3 Å². The van der Waals surface area contributed by atoms with Gasteiger partial charge in [0.05, 0.1) is 5.56 Å². The minimum Gasteiger partial charge on any atom is -0.478 e. The fourth-order valence-corrected chi connectivity index (χ4v) is 2.28. The monoisotopic (exact) mass is 263 g/mol. The molecule has 1 amide bonds. The Morgan fingerprint density at radius 1 is 1.42 bits per heavy atom. The van der Waals surface area contributed by atoms with Crippen molar-refractivity contribution in [2.45, 2.75) is 18.9 Å². The van der Waals surface area contributed by atoms with Crippen molar-refractivity contribution in [3.8, 4) is 0 Å². The van der Waals surface area contributed by atoms with Crippen LogP contribution in [-0.2, 0) is 0 Å². The molecule has 1 aromatic heterocycles. The summed E-state index contributed by atoms with van der Waals surface area (Å²) in [5.74, 6) is -1.46. The molecule has 1 fully saturated rings. The number of aromatic nitrogens is 1. The first-order chi connectivity index (χ1) is 9.11. The molecule has 0 saturated carbocycles. The van der Waals surface area contributed by atoms with Crippen molar-refractivity contribution in [2.24, 2.45) is 0 Å². The van der Waals surface area contributed by atoms with Gasteiger partial charge in [-0.3, -0.25) is 9.78 Å². The summed E-state index contributed by atoms with van der Waals surface area (Å²) in [5, 5.41) is 12.3. The van der Waals surface area contributed by atoms with Crippen molar-refractivity contribution >= 4 is 11.9 Å². The Morgan fingerprint density at radius 2 is 2.11 bits per heavy atom. The molecule has 0 aliphatic carbocycles. The van der Waals surface area contributed by atoms with Crippen molar-refractivity contribution in [2.75, 3.05) is 20.1 Å². The summed E-state index contributed by atoms with van der Waals surface area (Å²) in [6.07, 6.45) is 3.19. The second-order valence-electron chi connectivity index (χ2n) is 4.60. The normalized spacial score (nSPS) is 16.1. The lowest BCUT2D eigenvalue weighted by molar-refractivity contribution is 0.0653. The van der Waals surface area contributed by atoms with Crippen molar-refractivity contribution in [3.63, 3.8) is 0 Å². The average Bonchev–Trinajstić information content (AvgIpc) is 2.46. The molecule has 19 heavy (non-hydrogen) atoms. The third-order valence-corrected chi connectivity index (χ3v) is 3.42. The molecule has 2 heterocycles. The minimum absolute atomic E-state index is 0.0102. The smallest absolute Gasteiger partial charge is 0.338 e. The lowest BCUT2D eigenvalue weighted by Gasteiger charge is -2.31. The molecule has 0 radical (unpaired) electrons. The number of aromatic carboxylic acids is 1. The lowest BCUT2D eigenvalue weighted by atomic mass is 10.0. The second-order valence-corrected chi connectivity index (χ2v) is 4.60. The number of amides is 1. The minimum atomic E-state index is -1.13. The number of hydrogen-bond acceptors (Lipinski definition) is 4. The Labute approximate surface area is 111 Å². The Kier molecular flexibility index (Phi) is 4.11. The molecule has 1 aromatic rings. The molecule has 1 aliphatic rings. The molecular weight excluding hydrogens is 246 g/mol. The van der Waals surface area contributed by atoms with E-state index in [0.29, 0.717) is 0 Å². The van der Waals surface area contributed by atoms with E-state index >= 15 is 0 Å². The molecule has 0 atom stereocenters. The number of carbonyl (C=O) groups excluding carboxylic acids is 1. The molecule has 1 aliphatic heterocycles. The quantitative estimate of drug-likeness (QED) is 0.834. The Morgan fingerprint density at radius 3 is 2.74 bits per heavy atom. The standard InChI is InChI=1S/C13H17N3O3/c1-16(9-4-7-14-8-5-9)12(17)11-10(13(18)19)3-2-6-15-11/h2-3,6,9,14H,4-5,7-8H2,1H3,(H,18,19). The van der Waals surface area contributed by atoms with E-state index < -0.39 is 5.97 Å². The Hall–Kier alpha value is -1.95. The van der Waals surface area contributed by atoms with Gasteiger partial charge < -0.3 is 15.3 Å². The molecular formula is C13H17N3O3. The van der Waals surface area contributed by atoms with Gasteiger partial charge in [-0.2, -0.15) is 0 Å². The SMILES string of the molecule is CN(C(=O)c1ncccc1C(=O)O)C1CCNCC1. The van der Waals surface area contributed by atoms with Crippen LogP contribution in [0.2, 0.25) is 0 Å². The van der Waals surface area contributed by atoms with Crippen molar-refractivity contribution in [1.82, 2.24) is 15.2 Å². The first kappa shape index (κ1) is 13.5.